The maximum absolute atomic E-state index is 12.5. The number of hydrogen-bond acceptors (Lipinski definition) is 3. The van der Waals surface area contributed by atoms with Crippen LogP contribution >= 0.6 is 12.2 Å². The molecule has 0 spiro atoms. The molecule has 0 radical (unpaired) electrons. The molecule has 2 aromatic rings. The van der Waals surface area contributed by atoms with Gasteiger partial charge in [-0.1, -0.05) is 0 Å². The molecule has 0 aliphatic carbocycles. The number of aryl methyl sites for hydroxylation is 2. The van der Waals surface area contributed by atoms with E-state index in [0.29, 0.717) is 16.2 Å². The van der Waals surface area contributed by atoms with Crippen LogP contribution in [0.4, 0.5) is 0 Å². The van der Waals surface area contributed by atoms with Gasteiger partial charge in [-0.15, -0.1) is 0 Å². The van der Waals surface area contributed by atoms with Gasteiger partial charge in [-0.25, -0.2) is 0 Å². The van der Waals surface area contributed by atoms with Crippen LogP contribution in [0.15, 0.2) is 10.9 Å². The molecule has 0 bridgehead atoms. The summed E-state index contributed by atoms with van der Waals surface area (Å²) in [6.45, 7) is 7.81. The van der Waals surface area contributed by atoms with Crippen LogP contribution in [0.2, 0.25) is 0 Å². The number of H-pyrrole nitrogens is 2. The lowest BCUT2D eigenvalue weighted by atomic mass is 10.1. The van der Waals surface area contributed by atoms with Gasteiger partial charge < -0.3 is 4.57 Å². The number of nitrogens with zero attached hydrogens (tertiary/aromatic N) is 2. The molecule has 6 heteroatoms. The van der Waals surface area contributed by atoms with Crippen LogP contribution < -0.4 is 5.56 Å². The van der Waals surface area contributed by atoms with Crippen molar-refractivity contribution in [1.29, 1.82) is 0 Å². The van der Waals surface area contributed by atoms with Crippen molar-refractivity contribution in [2.45, 2.75) is 33.7 Å². The summed E-state index contributed by atoms with van der Waals surface area (Å²) >= 11 is 4.92. The molecule has 5 nitrogen and oxygen atoms in total. The van der Waals surface area contributed by atoms with Crippen molar-refractivity contribution in [2.24, 2.45) is 0 Å². The van der Waals surface area contributed by atoms with E-state index in [1.54, 1.807) is 4.57 Å². The fourth-order valence-corrected chi connectivity index (χ4v) is 2.36. The Morgan fingerprint density at radius 3 is 2.50 bits per heavy atom. The number of pyridine rings is 1. The highest BCUT2D eigenvalue weighted by Gasteiger charge is 2.16. The van der Waals surface area contributed by atoms with Crippen LogP contribution in [0, 0.1) is 18.6 Å². The second kappa shape index (κ2) is 4.53. The topological polar surface area (TPSA) is 66.5 Å². The van der Waals surface area contributed by atoms with E-state index in [9.17, 15) is 4.79 Å². The largest absolute Gasteiger partial charge is 0.310 e. The van der Waals surface area contributed by atoms with Gasteiger partial charge in [-0.05, 0) is 51.5 Å². The molecule has 0 atom stereocenters. The zero-order chi connectivity index (χ0) is 13.4. The van der Waals surface area contributed by atoms with Crippen molar-refractivity contribution >= 4 is 12.2 Å². The minimum Gasteiger partial charge on any atom is -0.310 e. The molecule has 0 aliphatic rings. The Hall–Kier alpha value is -1.69. The summed E-state index contributed by atoms with van der Waals surface area (Å²) in [4.78, 5) is 16.6. The zero-order valence-electron chi connectivity index (χ0n) is 10.9. The van der Waals surface area contributed by atoms with Crippen LogP contribution in [-0.4, -0.2) is 19.7 Å². The molecule has 0 saturated carbocycles. The third kappa shape index (κ3) is 2.03. The predicted octanol–water partition coefficient (Wildman–Crippen LogP) is 2.49. The normalized spacial score (nSPS) is 11.2. The average Bonchev–Trinajstić information content (AvgIpc) is 2.63. The summed E-state index contributed by atoms with van der Waals surface area (Å²) in [6, 6.07) is 2.10. The van der Waals surface area contributed by atoms with Crippen molar-refractivity contribution in [3.8, 4) is 11.4 Å². The number of rotatable bonds is 2. The number of aromatic nitrogens is 4. The molecule has 0 aliphatic heterocycles. The Balaban J connectivity index is 2.80. The first-order valence-corrected chi connectivity index (χ1v) is 6.20. The lowest BCUT2D eigenvalue weighted by Crippen LogP contribution is -2.26. The Morgan fingerprint density at radius 2 is 2.00 bits per heavy atom. The van der Waals surface area contributed by atoms with Crippen LogP contribution in [0.25, 0.3) is 11.4 Å². The molecule has 0 saturated heterocycles. The smallest absolute Gasteiger partial charge is 0.262 e. The van der Waals surface area contributed by atoms with E-state index in [0.717, 1.165) is 11.3 Å². The second-order valence-electron chi connectivity index (χ2n) is 4.63. The van der Waals surface area contributed by atoms with Crippen LogP contribution in [0.5, 0.6) is 0 Å². The SMILES string of the molecule is Cc1cc(C)n(C(C)C)c(=O)c1-c1nc(=S)[nH][nH]1. The van der Waals surface area contributed by atoms with E-state index in [4.69, 9.17) is 12.2 Å². The lowest BCUT2D eigenvalue weighted by Gasteiger charge is -2.16. The Bertz CT molecular complexity index is 693. The van der Waals surface area contributed by atoms with E-state index in [2.05, 4.69) is 15.2 Å². The van der Waals surface area contributed by atoms with Gasteiger partial charge in [-0.3, -0.25) is 15.0 Å². The second-order valence-corrected chi connectivity index (χ2v) is 5.01. The minimum absolute atomic E-state index is 0.0414. The molecule has 0 amide bonds. The van der Waals surface area contributed by atoms with Gasteiger partial charge in [0.1, 0.15) is 0 Å². The maximum Gasteiger partial charge on any atom is 0.262 e. The predicted molar refractivity (Wildman–Crippen MR) is 73.3 cm³/mol. The van der Waals surface area contributed by atoms with E-state index >= 15 is 0 Å². The van der Waals surface area contributed by atoms with Crippen LogP contribution in [0.3, 0.4) is 0 Å². The van der Waals surface area contributed by atoms with Gasteiger partial charge in [0.15, 0.2) is 5.82 Å². The van der Waals surface area contributed by atoms with Crippen molar-refractivity contribution < 1.29 is 0 Å². The Kier molecular flexibility index (Phi) is 3.21. The minimum atomic E-state index is -0.0414. The Morgan fingerprint density at radius 1 is 1.33 bits per heavy atom. The summed E-state index contributed by atoms with van der Waals surface area (Å²) in [6.07, 6.45) is 0. The molecule has 18 heavy (non-hydrogen) atoms. The molecule has 0 aromatic carbocycles. The van der Waals surface area contributed by atoms with Crippen LogP contribution in [-0.2, 0) is 0 Å². The summed E-state index contributed by atoms with van der Waals surface area (Å²) < 4.78 is 2.11. The highest BCUT2D eigenvalue weighted by Crippen LogP contribution is 2.18. The van der Waals surface area contributed by atoms with E-state index in [1.807, 2.05) is 33.8 Å². The molecule has 2 N–H and O–H groups in total. The van der Waals surface area contributed by atoms with Crippen molar-refractivity contribution in [3.05, 3.63) is 32.4 Å². The summed E-state index contributed by atoms with van der Waals surface area (Å²) in [5.74, 6) is 0.497. The monoisotopic (exact) mass is 264 g/mol. The average molecular weight is 264 g/mol. The molecule has 2 heterocycles. The first kappa shape index (κ1) is 12.8. The summed E-state index contributed by atoms with van der Waals surface area (Å²) in [5, 5.41) is 5.55. The van der Waals surface area contributed by atoms with Crippen LogP contribution in [0.1, 0.15) is 31.1 Å². The molecule has 2 aromatic heterocycles. The number of hydrogen-bond donors (Lipinski definition) is 2. The fraction of sp³-hybridized carbons (Fsp3) is 0.417. The van der Waals surface area contributed by atoms with E-state index in [-0.39, 0.29) is 11.6 Å². The molecule has 2 rings (SSSR count). The van der Waals surface area contributed by atoms with Crippen molar-refractivity contribution in [3.63, 3.8) is 0 Å². The summed E-state index contributed by atoms with van der Waals surface area (Å²) in [5.41, 5.74) is 2.37. The first-order valence-electron chi connectivity index (χ1n) is 5.79. The third-order valence-electron chi connectivity index (χ3n) is 2.89. The molecule has 0 unspecified atom stereocenters. The Labute approximate surface area is 110 Å². The van der Waals surface area contributed by atoms with Crippen molar-refractivity contribution in [2.75, 3.05) is 0 Å². The standard InChI is InChI=1S/C12H16N4OS/c1-6(2)16-8(4)5-7(3)9(11(16)17)10-13-12(18)15-14-10/h5-6H,1-4H3,(H2,13,14,15,18). The fourth-order valence-electron chi connectivity index (χ4n) is 2.22. The first-order chi connectivity index (χ1) is 8.41. The maximum atomic E-state index is 12.5. The molecular formula is C12H16N4OS. The van der Waals surface area contributed by atoms with E-state index in [1.165, 1.54) is 0 Å². The molecule has 0 fully saturated rings. The van der Waals surface area contributed by atoms with Crippen molar-refractivity contribution in [1.82, 2.24) is 19.7 Å². The quantitative estimate of drug-likeness (QED) is 0.819. The summed E-state index contributed by atoms with van der Waals surface area (Å²) in [7, 11) is 0. The highest BCUT2D eigenvalue weighted by molar-refractivity contribution is 7.71. The van der Waals surface area contributed by atoms with Gasteiger partial charge in [0, 0.05) is 11.7 Å². The van der Waals surface area contributed by atoms with Gasteiger partial charge in [0.05, 0.1) is 5.56 Å². The van der Waals surface area contributed by atoms with Gasteiger partial charge in [0.25, 0.3) is 5.56 Å². The molecular weight excluding hydrogens is 248 g/mol. The zero-order valence-corrected chi connectivity index (χ0v) is 11.7. The van der Waals surface area contributed by atoms with Gasteiger partial charge in [0.2, 0.25) is 4.77 Å². The lowest BCUT2D eigenvalue weighted by molar-refractivity contribution is 0.563. The highest BCUT2D eigenvalue weighted by atomic mass is 32.1. The molecule has 96 valence electrons. The number of nitrogens with one attached hydrogen (secondary N) is 2. The van der Waals surface area contributed by atoms with Gasteiger partial charge >= 0.3 is 0 Å². The third-order valence-corrected chi connectivity index (χ3v) is 3.08. The van der Waals surface area contributed by atoms with Gasteiger partial charge in [-0.2, -0.15) is 4.98 Å². The van der Waals surface area contributed by atoms with E-state index < -0.39 is 0 Å². The number of aromatic amines is 2.